The summed E-state index contributed by atoms with van der Waals surface area (Å²) in [6.07, 6.45) is 0.550. The molecule has 1 saturated heterocycles. The predicted molar refractivity (Wildman–Crippen MR) is 172 cm³/mol. The third kappa shape index (κ3) is 9.83. The van der Waals surface area contributed by atoms with Gasteiger partial charge in [0, 0.05) is 50.4 Å². The van der Waals surface area contributed by atoms with Crippen molar-refractivity contribution in [1.29, 1.82) is 5.26 Å². The van der Waals surface area contributed by atoms with Gasteiger partial charge in [0.2, 0.25) is 6.10 Å². The Morgan fingerprint density at radius 1 is 0.935 bits per heavy atom. The SMILES string of the molecule is COC(=O)/C(=C\c1ccc(F)cc1)CN1CCN(Cc2ccc(C(=O)OC(C(=O)NC(C)(C)C)c3ccc(C#N)cc3)cc2)CC1. The fraction of sp³-hybridized carbons (Fsp3) is 0.333. The highest BCUT2D eigenvalue weighted by Gasteiger charge is 2.29. The molecule has 3 aromatic carbocycles. The second kappa shape index (κ2) is 15.4. The van der Waals surface area contributed by atoms with Crippen LogP contribution in [0.15, 0.2) is 78.4 Å². The molecule has 3 aromatic rings. The van der Waals surface area contributed by atoms with Crippen LogP contribution < -0.4 is 5.32 Å². The number of halogens is 1. The van der Waals surface area contributed by atoms with Crippen molar-refractivity contribution < 1.29 is 28.2 Å². The van der Waals surface area contributed by atoms with E-state index in [4.69, 9.17) is 14.7 Å². The fourth-order valence-corrected chi connectivity index (χ4v) is 5.03. The molecule has 46 heavy (non-hydrogen) atoms. The summed E-state index contributed by atoms with van der Waals surface area (Å²) >= 11 is 0. The molecule has 0 radical (unpaired) electrons. The van der Waals surface area contributed by atoms with Crippen LogP contribution in [0.3, 0.4) is 0 Å². The van der Waals surface area contributed by atoms with E-state index in [2.05, 4.69) is 15.1 Å². The van der Waals surface area contributed by atoms with Gasteiger partial charge in [-0.25, -0.2) is 14.0 Å². The maximum absolute atomic E-state index is 13.3. The van der Waals surface area contributed by atoms with Gasteiger partial charge in [0.25, 0.3) is 5.91 Å². The highest BCUT2D eigenvalue weighted by atomic mass is 19.1. The van der Waals surface area contributed by atoms with E-state index in [1.54, 1.807) is 54.6 Å². The summed E-state index contributed by atoms with van der Waals surface area (Å²) in [5.41, 5.74) is 2.94. The molecule has 0 aliphatic carbocycles. The number of carbonyl (C=O) groups is 3. The van der Waals surface area contributed by atoms with E-state index in [0.717, 1.165) is 37.3 Å². The first-order chi connectivity index (χ1) is 21.9. The van der Waals surface area contributed by atoms with Crippen LogP contribution in [0, 0.1) is 17.1 Å². The van der Waals surface area contributed by atoms with Crippen molar-refractivity contribution in [3.63, 3.8) is 0 Å². The first-order valence-corrected chi connectivity index (χ1v) is 15.1. The highest BCUT2D eigenvalue weighted by molar-refractivity contribution is 5.94. The Balaban J connectivity index is 1.34. The van der Waals surface area contributed by atoms with E-state index >= 15 is 0 Å². The van der Waals surface area contributed by atoms with Crippen molar-refractivity contribution >= 4 is 23.9 Å². The smallest absolute Gasteiger partial charge is 0.339 e. The van der Waals surface area contributed by atoms with Crippen LogP contribution in [0.4, 0.5) is 4.39 Å². The van der Waals surface area contributed by atoms with Gasteiger partial charge in [0.1, 0.15) is 5.82 Å². The van der Waals surface area contributed by atoms with Crippen molar-refractivity contribution in [3.05, 3.63) is 112 Å². The van der Waals surface area contributed by atoms with Crippen LogP contribution >= 0.6 is 0 Å². The largest absolute Gasteiger partial charge is 0.466 e. The third-order valence-electron chi connectivity index (χ3n) is 7.42. The number of nitrogens with one attached hydrogen (secondary N) is 1. The summed E-state index contributed by atoms with van der Waals surface area (Å²) in [6, 6.07) is 21.5. The van der Waals surface area contributed by atoms with E-state index in [-0.39, 0.29) is 5.82 Å². The van der Waals surface area contributed by atoms with Crippen LogP contribution in [0.1, 0.15) is 59.5 Å². The summed E-state index contributed by atoms with van der Waals surface area (Å²) in [6.45, 7) is 9.68. The van der Waals surface area contributed by atoms with Crippen molar-refractivity contribution in [2.75, 3.05) is 39.8 Å². The molecule has 240 valence electrons. The number of ether oxygens (including phenoxy) is 2. The van der Waals surface area contributed by atoms with E-state index < -0.39 is 29.5 Å². The lowest BCUT2D eigenvalue weighted by atomic mass is 10.0. The second-order valence-electron chi connectivity index (χ2n) is 12.2. The molecule has 1 N–H and O–H groups in total. The molecule has 1 aliphatic rings. The quantitative estimate of drug-likeness (QED) is 0.250. The molecular weight excluding hydrogens is 587 g/mol. The van der Waals surface area contributed by atoms with Crippen molar-refractivity contribution in [2.45, 2.75) is 39.0 Å². The predicted octanol–water partition coefficient (Wildman–Crippen LogP) is 4.88. The standard InChI is InChI=1S/C36H39FN4O5/c1-36(2,3)39-33(42)32(28-11-5-26(22-38)6-12-28)46-35(44)29-13-7-27(8-14-29)23-40-17-19-41(20-18-40)24-30(34(43)45-4)21-25-9-15-31(37)16-10-25/h5-16,21,32H,17-20,23-24H2,1-4H3,(H,39,42)/b30-21-. The Labute approximate surface area is 269 Å². The number of benzene rings is 3. The zero-order chi connectivity index (χ0) is 33.3. The minimum atomic E-state index is -1.18. The summed E-state index contributed by atoms with van der Waals surface area (Å²) < 4.78 is 24.0. The molecule has 1 amide bonds. The molecule has 9 nitrogen and oxygen atoms in total. The first-order valence-electron chi connectivity index (χ1n) is 15.1. The Morgan fingerprint density at radius 3 is 2.11 bits per heavy atom. The Kier molecular flexibility index (Phi) is 11.4. The minimum absolute atomic E-state index is 0.319. The van der Waals surface area contributed by atoms with Crippen molar-refractivity contribution in [2.24, 2.45) is 0 Å². The number of methoxy groups -OCH3 is 1. The van der Waals surface area contributed by atoms with Gasteiger partial charge in [-0.3, -0.25) is 14.6 Å². The number of nitriles is 1. The monoisotopic (exact) mass is 626 g/mol. The van der Waals surface area contributed by atoms with Crippen molar-refractivity contribution in [3.8, 4) is 6.07 Å². The van der Waals surface area contributed by atoms with E-state index in [1.165, 1.54) is 19.2 Å². The molecule has 1 unspecified atom stereocenters. The van der Waals surface area contributed by atoms with Crippen molar-refractivity contribution in [1.82, 2.24) is 15.1 Å². The third-order valence-corrected chi connectivity index (χ3v) is 7.42. The number of rotatable bonds is 10. The van der Waals surface area contributed by atoms with Crippen LogP contribution in [-0.2, 0) is 25.6 Å². The summed E-state index contributed by atoms with van der Waals surface area (Å²) in [5.74, 6) is -1.83. The summed E-state index contributed by atoms with van der Waals surface area (Å²) in [4.78, 5) is 43.1. The normalized spacial score (nSPS) is 15.0. The van der Waals surface area contributed by atoms with Crippen LogP contribution in [0.5, 0.6) is 0 Å². The topological polar surface area (TPSA) is 112 Å². The molecule has 1 heterocycles. The maximum atomic E-state index is 13.3. The van der Waals surface area contributed by atoms with Gasteiger partial charge in [-0.05, 0) is 74.4 Å². The first kappa shape index (κ1) is 34.0. The molecule has 1 atom stereocenters. The Bertz CT molecular complexity index is 1580. The Morgan fingerprint density at radius 2 is 1.54 bits per heavy atom. The molecule has 0 bridgehead atoms. The number of amides is 1. The van der Waals surface area contributed by atoms with E-state index in [0.29, 0.717) is 35.4 Å². The lowest BCUT2D eigenvalue weighted by Gasteiger charge is -2.35. The molecule has 10 heteroatoms. The molecule has 0 spiro atoms. The van der Waals surface area contributed by atoms with E-state index in [1.807, 2.05) is 39.0 Å². The number of piperazine rings is 1. The highest BCUT2D eigenvalue weighted by Crippen LogP contribution is 2.22. The Hall–Kier alpha value is -4.85. The molecule has 0 saturated carbocycles. The zero-order valence-electron chi connectivity index (χ0n) is 26.6. The number of hydrogen-bond donors (Lipinski definition) is 1. The zero-order valence-corrected chi connectivity index (χ0v) is 26.6. The van der Waals surface area contributed by atoms with Crippen LogP contribution in [-0.4, -0.2) is 73.0 Å². The summed E-state index contributed by atoms with van der Waals surface area (Å²) in [5, 5.41) is 12.0. The molecule has 4 rings (SSSR count). The molecule has 1 aliphatic heterocycles. The van der Waals surface area contributed by atoms with Gasteiger partial charge in [-0.1, -0.05) is 36.4 Å². The molecular formula is C36H39FN4O5. The average Bonchev–Trinajstić information content (AvgIpc) is 3.04. The van der Waals surface area contributed by atoms with Gasteiger partial charge < -0.3 is 14.8 Å². The van der Waals surface area contributed by atoms with Gasteiger partial charge >= 0.3 is 11.9 Å². The fourth-order valence-electron chi connectivity index (χ4n) is 5.03. The minimum Gasteiger partial charge on any atom is -0.466 e. The number of hydrogen-bond acceptors (Lipinski definition) is 8. The number of nitrogens with zero attached hydrogens (tertiary/aromatic N) is 3. The average molecular weight is 627 g/mol. The lowest BCUT2D eigenvalue weighted by molar-refractivity contribution is -0.136. The maximum Gasteiger partial charge on any atom is 0.339 e. The van der Waals surface area contributed by atoms with Gasteiger partial charge in [-0.15, -0.1) is 0 Å². The van der Waals surface area contributed by atoms with Crippen LogP contribution in [0.2, 0.25) is 0 Å². The summed E-state index contributed by atoms with van der Waals surface area (Å²) in [7, 11) is 1.35. The molecule has 0 aromatic heterocycles. The second-order valence-corrected chi connectivity index (χ2v) is 12.2. The van der Waals surface area contributed by atoms with Gasteiger partial charge in [0.15, 0.2) is 0 Å². The van der Waals surface area contributed by atoms with E-state index in [9.17, 15) is 18.8 Å². The number of esters is 2. The number of carbonyl (C=O) groups excluding carboxylic acids is 3. The van der Waals surface area contributed by atoms with Gasteiger partial charge in [-0.2, -0.15) is 5.26 Å². The van der Waals surface area contributed by atoms with Gasteiger partial charge in [0.05, 0.1) is 29.9 Å². The van der Waals surface area contributed by atoms with Crippen LogP contribution in [0.25, 0.3) is 6.08 Å². The molecule has 1 fully saturated rings. The lowest BCUT2D eigenvalue weighted by Crippen LogP contribution is -2.46.